The number of nitrogens with zero attached hydrogens (tertiary/aromatic N) is 2. The van der Waals surface area contributed by atoms with Gasteiger partial charge in [0.05, 0.1) is 17.3 Å². The SMILES string of the molecule is Cc1nc([C@@H]2CCON2OC(=O)C(F)(F)F)cs1. The summed E-state index contributed by atoms with van der Waals surface area (Å²) >= 11 is 1.36. The van der Waals surface area contributed by atoms with Gasteiger partial charge in [-0.3, -0.25) is 4.84 Å². The lowest BCUT2D eigenvalue weighted by Crippen LogP contribution is -2.34. The van der Waals surface area contributed by atoms with E-state index in [9.17, 15) is 18.0 Å². The standard InChI is InChI=1S/C9H9F3N2O3S/c1-5-13-6(4-18-5)7-2-3-16-14(7)17-8(15)9(10,11)12/h4,7H,2-3H2,1H3/t7-/m0/s1. The third-order valence-corrected chi connectivity index (χ3v) is 3.04. The Morgan fingerprint density at radius 2 is 2.39 bits per heavy atom. The van der Waals surface area contributed by atoms with Crippen LogP contribution in [0.2, 0.25) is 0 Å². The Bertz CT molecular complexity index is 449. The fourth-order valence-electron chi connectivity index (χ4n) is 1.46. The lowest BCUT2D eigenvalue weighted by atomic mass is 10.2. The summed E-state index contributed by atoms with van der Waals surface area (Å²) in [4.78, 5) is 23.9. The molecule has 0 aliphatic carbocycles. The van der Waals surface area contributed by atoms with Crippen molar-refractivity contribution in [3.8, 4) is 0 Å². The number of rotatable bonds is 2. The van der Waals surface area contributed by atoms with Crippen LogP contribution in [0.4, 0.5) is 13.2 Å². The number of aryl methyl sites for hydroxylation is 1. The minimum Gasteiger partial charge on any atom is -0.334 e. The summed E-state index contributed by atoms with van der Waals surface area (Å²) in [6.07, 6.45) is -4.64. The second-order valence-electron chi connectivity index (χ2n) is 3.59. The molecule has 0 amide bonds. The van der Waals surface area contributed by atoms with Crippen molar-refractivity contribution in [2.24, 2.45) is 0 Å². The molecule has 1 fully saturated rings. The number of alkyl halides is 3. The van der Waals surface area contributed by atoms with E-state index in [0.29, 0.717) is 17.3 Å². The maximum atomic E-state index is 12.1. The number of hydrogen-bond donors (Lipinski definition) is 0. The summed E-state index contributed by atoms with van der Waals surface area (Å²) in [5.41, 5.74) is 0.532. The van der Waals surface area contributed by atoms with Crippen LogP contribution in [0.15, 0.2) is 5.38 Å². The first-order chi connectivity index (χ1) is 8.38. The van der Waals surface area contributed by atoms with Crippen molar-refractivity contribution in [1.29, 1.82) is 0 Å². The number of carbonyl (C=O) groups is 1. The molecule has 1 aliphatic heterocycles. The highest BCUT2D eigenvalue weighted by Crippen LogP contribution is 2.32. The Kier molecular flexibility index (Phi) is 3.55. The molecule has 9 heteroatoms. The Hall–Kier alpha value is -1.19. The van der Waals surface area contributed by atoms with E-state index < -0.39 is 18.2 Å². The zero-order valence-electron chi connectivity index (χ0n) is 9.23. The molecule has 0 aromatic carbocycles. The van der Waals surface area contributed by atoms with E-state index in [1.54, 1.807) is 12.3 Å². The van der Waals surface area contributed by atoms with Gasteiger partial charge < -0.3 is 4.84 Å². The number of thiazole rings is 1. The summed E-state index contributed by atoms with van der Waals surface area (Å²) in [5, 5.41) is 3.05. The van der Waals surface area contributed by atoms with Gasteiger partial charge in [-0.1, -0.05) is 0 Å². The molecular formula is C9H9F3N2O3S. The number of hydrogen-bond acceptors (Lipinski definition) is 6. The number of hydroxylamine groups is 2. The summed E-state index contributed by atoms with van der Waals surface area (Å²) in [7, 11) is 0. The van der Waals surface area contributed by atoms with E-state index in [2.05, 4.69) is 9.82 Å². The van der Waals surface area contributed by atoms with Crippen LogP contribution >= 0.6 is 11.3 Å². The highest BCUT2D eigenvalue weighted by atomic mass is 32.1. The Labute approximate surface area is 104 Å². The third-order valence-electron chi connectivity index (χ3n) is 2.25. The summed E-state index contributed by atoms with van der Waals surface area (Å²) in [6, 6.07) is -0.596. The predicted octanol–water partition coefficient (Wildman–Crippen LogP) is 2.15. The Morgan fingerprint density at radius 1 is 1.67 bits per heavy atom. The molecule has 0 spiro atoms. The summed E-state index contributed by atoms with van der Waals surface area (Å²) in [5.74, 6) is -2.30. The average molecular weight is 282 g/mol. The Morgan fingerprint density at radius 3 is 2.94 bits per heavy atom. The summed E-state index contributed by atoms with van der Waals surface area (Å²) in [6.45, 7) is 1.95. The van der Waals surface area contributed by atoms with E-state index in [0.717, 1.165) is 5.01 Å². The lowest BCUT2D eigenvalue weighted by molar-refractivity contribution is -0.350. The van der Waals surface area contributed by atoms with E-state index in [-0.39, 0.29) is 6.61 Å². The van der Waals surface area contributed by atoms with Gasteiger partial charge in [0.25, 0.3) is 0 Å². The summed E-state index contributed by atoms with van der Waals surface area (Å²) < 4.78 is 36.2. The van der Waals surface area contributed by atoms with Crippen molar-refractivity contribution in [2.75, 3.05) is 6.61 Å². The second kappa shape index (κ2) is 4.82. The third kappa shape index (κ3) is 2.79. The smallest absolute Gasteiger partial charge is 0.334 e. The molecule has 0 radical (unpaired) electrons. The molecule has 5 nitrogen and oxygen atoms in total. The molecule has 100 valence electrons. The van der Waals surface area contributed by atoms with Crippen LogP contribution in [0.25, 0.3) is 0 Å². The van der Waals surface area contributed by atoms with Crippen molar-refractivity contribution in [1.82, 2.24) is 10.2 Å². The van der Waals surface area contributed by atoms with Gasteiger partial charge in [-0.2, -0.15) is 13.2 Å². The average Bonchev–Trinajstić information content (AvgIpc) is 2.85. The van der Waals surface area contributed by atoms with E-state index in [1.165, 1.54) is 11.3 Å². The molecule has 2 rings (SSSR count). The van der Waals surface area contributed by atoms with Crippen LogP contribution in [0.5, 0.6) is 0 Å². The fourth-order valence-corrected chi connectivity index (χ4v) is 2.12. The predicted molar refractivity (Wildman–Crippen MR) is 54.1 cm³/mol. The van der Waals surface area contributed by atoms with Crippen LogP contribution in [0.1, 0.15) is 23.2 Å². The zero-order chi connectivity index (χ0) is 13.3. The highest BCUT2D eigenvalue weighted by Gasteiger charge is 2.45. The van der Waals surface area contributed by atoms with Gasteiger partial charge in [0.2, 0.25) is 0 Å². The van der Waals surface area contributed by atoms with Crippen molar-refractivity contribution in [2.45, 2.75) is 25.6 Å². The first kappa shape index (κ1) is 13.2. The second-order valence-corrected chi connectivity index (χ2v) is 4.65. The van der Waals surface area contributed by atoms with E-state index >= 15 is 0 Å². The molecule has 0 bridgehead atoms. The minimum absolute atomic E-state index is 0.173. The van der Waals surface area contributed by atoms with Gasteiger partial charge in [-0.15, -0.1) is 11.3 Å². The fraction of sp³-hybridized carbons (Fsp3) is 0.556. The minimum atomic E-state index is -5.05. The van der Waals surface area contributed by atoms with Crippen molar-refractivity contribution in [3.05, 3.63) is 16.1 Å². The maximum absolute atomic E-state index is 12.1. The molecule has 0 unspecified atom stereocenters. The highest BCUT2D eigenvalue weighted by molar-refractivity contribution is 7.09. The van der Waals surface area contributed by atoms with Gasteiger partial charge in [0.15, 0.2) is 0 Å². The van der Waals surface area contributed by atoms with Gasteiger partial charge >= 0.3 is 12.1 Å². The van der Waals surface area contributed by atoms with Crippen LogP contribution in [-0.4, -0.2) is 29.0 Å². The number of aromatic nitrogens is 1. The topological polar surface area (TPSA) is 51.7 Å². The van der Waals surface area contributed by atoms with Crippen molar-refractivity contribution in [3.63, 3.8) is 0 Å². The molecule has 2 heterocycles. The molecule has 18 heavy (non-hydrogen) atoms. The van der Waals surface area contributed by atoms with Gasteiger partial charge in [0.1, 0.15) is 6.04 Å². The van der Waals surface area contributed by atoms with Gasteiger partial charge in [0, 0.05) is 5.38 Å². The Balaban J connectivity index is 2.07. The lowest BCUT2D eigenvalue weighted by Gasteiger charge is -2.19. The van der Waals surface area contributed by atoms with E-state index in [1.807, 2.05) is 0 Å². The molecular weight excluding hydrogens is 273 g/mol. The van der Waals surface area contributed by atoms with Gasteiger partial charge in [-0.05, 0) is 18.6 Å². The molecule has 1 aromatic heterocycles. The number of halogens is 3. The number of carbonyl (C=O) groups excluding carboxylic acids is 1. The molecule has 1 saturated heterocycles. The van der Waals surface area contributed by atoms with Gasteiger partial charge in [-0.25, -0.2) is 9.78 Å². The monoisotopic (exact) mass is 282 g/mol. The molecule has 1 atom stereocenters. The quantitative estimate of drug-likeness (QED) is 0.832. The first-order valence-electron chi connectivity index (χ1n) is 5.01. The maximum Gasteiger partial charge on any atom is 0.492 e. The first-order valence-corrected chi connectivity index (χ1v) is 5.89. The molecule has 1 aromatic rings. The normalized spacial score (nSPS) is 21.2. The molecule has 0 N–H and O–H groups in total. The molecule has 0 saturated carbocycles. The van der Waals surface area contributed by atoms with E-state index in [4.69, 9.17) is 4.84 Å². The van der Waals surface area contributed by atoms with Crippen molar-refractivity contribution >= 4 is 17.3 Å². The van der Waals surface area contributed by atoms with Crippen LogP contribution in [0.3, 0.4) is 0 Å². The zero-order valence-corrected chi connectivity index (χ0v) is 10.0. The van der Waals surface area contributed by atoms with Crippen LogP contribution in [0, 0.1) is 6.92 Å². The largest absolute Gasteiger partial charge is 0.492 e. The molecule has 1 aliphatic rings. The van der Waals surface area contributed by atoms with Crippen LogP contribution in [-0.2, 0) is 14.5 Å². The van der Waals surface area contributed by atoms with Crippen LogP contribution < -0.4 is 0 Å². The van der Waals surface area contributed by atoms with Crippen molar-refractivity contribution < 1.29 is 27.6 Å².